The Labute approximate surface area is 61.5 Å². The molecule has 1 heterocycles. The molecule has 2 heteroatoms. The van der Waals surface area contributed by atoms with Crippen molar-refractivity contribution < 1.29 is 4.74 Å². The molecule has 0 amide bonds. The zero-order valence-corrected chi connectivity index (χ0v) is 6.93. The Morgan fingerprint density at radius 3 is 2.00 bits per heavy atom. The maximum Gasteiger partial charge on any atom is 0.189 e. The third-order valence-corrected chi connectivity index (χ3v) is 2.22. The van der Waals surface area contributed by atoms with E-state index in [2.05, 4.69) is 0 Å². The van der Waals surface area contributed by atoms with Crippen molar-refractivity contribution >= 4 is 5.71 Å². The third kappa shape index (κ3) is 0.753. The van der Waals surface area contributed by atoms with Crippen molar-refractivity contribution in [2.75, 3.05) is 0 Å². The highest BCUT2D eigenvalue weighted by molar-refractivity contribution is 5.91. The van der Waals surface area contributed by atoms with Gasteiger partial charge in [-0.25, -0.2) is 4.74 Å². The van der Waals surface area contributed by atoms with Crippen molar-refractivity contribution in [2.45, 2.75) is 33.2 Å². The highest BCUT2D eigenvalue weighted by atomic mass is 16.5. The molecule has 2 nitrogen and oxygen atoms in total. The van der Waals surface area contributed by atoms with E-state index in [1.165, 1.54) is 0 Å². The molecular formula is C8H13NO. The number of hydrogen-bond acceptors (Lipinski definition) is 1. The molecule has 0 spiro atoms. The van der Waals surface area contributed by atoms with Gasteiger partial charge in [-0.15, -0.1) is 0 Å². The lowest BCUT2D eigenvalue weighted by atomic mass is 9.98. The normalized spacial score (nSPS) is 23.4. The number of nitrogens with zero attached hydrogens (tertiary/aromatic N) is 1. The van der Waals surface area contributed by atoms with E-state index in [1.54, 1.807) is 0 Å². The fourth-order valence-electron chi connectivity index (χ4n) is 1.15. The van der Waals surface area contributed by atoms with E-state index in [9.17, 15) is 5.21 Å². The summed E-state index contributed by atoms with van der Waals surface area (Å²) in [6.45, 7) is 7.69. The van der Waals surface area contributed by atoms with Gasteiger partial charge < -0.3 is 5.21 Å². The van der Waals surface area contributed by atoms with Crippen molar-refractivity contribution in [1.29, 1.82) is 0 Å². The van der Waals surface area contributed by atoms with Crippen LogP contribution >= 0.6 is 0 Å². The van der Waals surface area contributed by atoms with Gasteiger partial charge in [-0.05, 0) is 6.92 Å². The number of allylic oxidation sites excluding steroid dienone is 1. The summed E-state index contributed by atoms with van der Waals surface area (Å²) in [6.07, 6.45) is 1.94. The van der Waals surface area contributed by atoms with E-state index in [0.717, 1.165) is 16.0 Å². The summed E-state index contributed by atoms with van der Waals surface area (Å²) >= 11 is 0. The molecule has 0 bridgehead atoms. The maximum absolute atomic E-state index is 11.3. The van der Waals surface area contributed by atoms with Crippen molar-refractivity contribution in [3.05, 3.63) is 16.9 Å². The minimum atomic E-state index is -0.315. The Balaban J connectivity index is 3.11. The minimum Gasteiger partial charge on any atom is -0.623 e. The lowest BCUT2D eigenvalue weighted by molar-refractivity contribution is -0.523. The number of hydroxylamine groups is 1. The lowest BCUT2D eigenvalue weighted by Crippen LogP contribution is -2.31. The van der Waals surface area contributed by atoms with Crippen LogP contribution < -0.4 is 0 Å². The largest absolute Gasteiger partial charge is 0.623 e. The molecule has 0 unspecified atom stereocenters. The molecule has 0 aromatic rings. The summed E-state index contributed by atoms with van der Waals surface area (Å²) in [5, 5.41) is 11.3. The average Bonchev–Trinajstić information content (AvgIpc) is 1.97. The van der Waals surface area contributed by atoms with Gasteiger partial charge in [0, 0.05) is 32.4 Å². The molecule has 0 aromatic carbocycles. The average molecular weight is 139 g/mol. The summed E-state index contributed by atoms with van der Waals surface area (Å²) in [6, 6.07) is 0. The van der Waals surface area contributed by atoms with Gasteiger partial charge in [-0.1, -0.05) is 0 Å². The number of rotatable bonds is 0. The predicted molar refractivity (Wildman–Crippen MR) is 42.1 cm³/mol. The van der Waals surface area contributed by atoms with Gasteiger partial charge in [-0.2, -0.15) is 0 Å². The summed E-state index contributed by atoms with van der Waals surface area (Å²) in [5.41, 5.74) is 1.63. The fourth-order valence-corrected chi connectivity index (χ4v) is 1.15. The zero-order chi connectivity index (χ0) is 7.94. The molecular weight excluding hydrogens is 126 g/mol. The van der Waals surface area contributed by atoms with Gasteiger partial charge >= 0.3 is 0 Å². The lowest BCUT2D eigenvalue weighted by Gasteiger charge is -2.20. The zero-order valence-electron chi connectivity index (χ0n) is 6.93. The van der Waals surface area contributed by atoms with Crippen molar-refractivity contribution in [3.63, 3.8) is 0 Å². The van der Waals surface area contributed by atoms with Gasteiger partial charge in [0.05, 0.1) is 0 Å². The first-order valence-electron chi connectivity index (χ1n) is 3.46. The second-order valence-corrected chi connectivity index (χ2v) is 3.32. The molecule has 10 heavy (non-hydrogen) atoms. The Hall–Kier alpha value is -0.790. The molecule has 0 atom stereocenters. The van der Waals surface area contributed by atoms with Gasteiger partial charge in [0.2, 0.25) is 0 Å². The first kappa shape index (κ1) is 7.32. The summed E-state index contributed by atoms with van der Waals surface area (Å²) in [4.78, 5) is 0. The first-order chi connectivity index (χ1) is 4.46. The monoisotopic (exact) mass is 139 g/mol. The van der Waals surface area contributed by atoms with Crippen LogP contribution in [0.2, 0.25) is 0 Å². The van der Waals surface area contributed by atoms with E-state index >= 15 is 0 Å². The van der Waals surface area contributed by atoms with Crippen molar-refractivity contribution in [2.24, 2.45) is 0 Å². The van der Waals surface area contributed by atoms with Crippen LogP contribution in [0.5, 0.6) is 0 Å². The Bertz CT molecular complexity index is 223. The molecule has 0 aliphatic carbocycles. The highest BCUT2D eigenvalue weighted by Gasteiger charge is 2.34. The van der Waals surface area contributed by atoms with Crippen LogP contribution in [-0.4, -0.2) is 16.0 Å². The smallest absolute Gasteiger partial charge is 0.189 e. The standard InChI is InChI=1S/C8H13NO/c1-6-5-7(2)9(10)8(6,3)4/h5H,1-4H3. The van der Waals surface area contributed by atoms with Crippen LogP contribution in [0.3, 0.4) is 0 Å². The van der Waals surface area contributed by atoms with Crippen LogP contribution in [-0.2, 0) is 0 Å². The van der Waals surface area contributed by atoms with E-state index in [0.29, 0.717) is 0 Å². The Kier molecular flexibility index (Phi) is 1.35. The van der Waals surface area contributed by atoms with E-state index in [1.807, 2.05) is 33.8 Å². The van der Waals surface area contributed by atoms with E-state index in [-0.39, 0.29) is 5.54 Å². The molecule has 0 aromatic heterocycles. The molecule has 0 fully saturated rings. The summed E-state index contributed by atoms with van der Waals surface area (Å²) in [5.74, 6) is 0. The van der Waals surface area contributed by atoms with Gasteiger partial charge in [0.15, 0.2) is 11.3 Å². The van der Waals surface area contributed by atoms with Crippen molar-refractivity contribution in [3.8, 4) is 0 Å². The van der Waals surface area contributed by atoms with Crippen LogP contribution in [0.4, 0.5) is 0 Å². The predicted octanol–water partition coefficient (Wildman–Crippen LogP) is 1.70. The van der Waals surface area contributed by atoms with E-state index < -0.39 is 0 Å². The SMILES string of the molecule is CC1=CC(C)=[N+]([O-])C1(C)C. The quantitative estimate of drug-likeness (QED) is 0.370. The Morgan fingerprint density at radius 1 is 1.40 bits per heavy atom. The third-order valence-electron chi connectivity index (χ3n) is 2.22. The minimum absolute atomic E-state index is 0.315. The molecule has 1 aliphatic heterocycles. The topological polar surface area (TPSA) is 26.1 Å². The van der Waals surface area contributed by atoms with Crippen LogP contribution in [0.1, 0.15) is 27.7 Å². The molecule has 0 N–H and O–H groups in total. The van der Waals surface area contributed by atoms with Crippen molar-refractivity contribution in [1.82, 2.24) is 0 Å². The summed E-state index contributed by atoms with van der Waals surface area (Å²) < 4.78 is 1.06. The molecule has 0 radical (unpaired) electrons. The maximum atomic E-state index is 11.3. The van der Waals surface area contributed by atoms with Gasteiger partial charge in [-0.3, -0.25) is 0 Å². The highest BCUT2D eigenvalue weighted by Crippen LogP contribution is 2.24. The molecule has 1 aliphatic rings. The number of hydrogen-bond donors (Lipinski definition) is 0. The fraction of sp³-hybridized carbons (Fsp3) is 0.625. The first-order valence-corrected chi connectivity index (χ1v) is 3.46. The molecule has 1 rings (SSSR count). The van der Waals surface area contributed by atoms with Gasteiger partial charge in [0.25, 0.3) is 0 Å². The van der Waals surface area contributed by atoms with Crippen LogP contribution in [0.25, 0.3) is 0 Å². The van der Waals surface area contributed by atoms with Crippen LogP contribution in [0, 0.1) is 5.21 Å². The summed E-state index contributed by atoms with van der Waals surface area (Å²) in [7, 11) is 0. The Morgan fingerprint density at radius 2 is 1.90 bits per heavy atom. The van der Waals surface area contributed by atoms with E-state index in [4.69, 9.17) is 0 Å². The van der Waals surface area contributed by atoms with Crippen LogP contribution in [0.15, 0.2) is 11.6 Å². The molecule has 0 saturated carbocycles. The van der Waals surface area contributed by atoms with Gasteiger partial charge in [0.1, 0.15) is 0 Å². The second kappa shape index (κ2) is 1.84. The molecule has 0 saturated heterocycles. The molecule has 56 valence electrons. The second-order valence-electron chi connectivity index (χ2n) is 3.32.